The van der Waals surface area contributed by atoms with Gasteiger partial charge in [-0.1, -0.05) is 59.6 Å². The minimum Gasteiger partial charge on any atom is -0.434 e. The first kappa shape index (κ1) is 20.2. The van der Waals surface area contributed by atoms with Crippen molar-refractivity contribution < 1.29 is 9.21 Å². The average molecular weight is 443 g/mol. The number of amides is 1. The summed E-state index contributed by atoms with van der Waals surface area (Å²) >= 11 is 6.27. The molecule has 6 nitrogen and oxygen atoms in total. The van der Waals surface area contributed by atoms with Crippen molar-refractivity contribution in [1.82, 2.24) is 20.3 Å². The summed E-state index contributed by atoms with van der Waals surface area (Å²) in [5, 5.41) is 4.23. The standard InChI is InChI=1S/C25H19ClN4O2/c1-15-9-10-19(26)17(12-15)14-28-24(31)23-29-20(13-16-6-3-2-4-7-16)22-21(30-23)18-8-5-11-27-25(18)32-22/h2-12H,13-14H2,1H3,(H,28,31). The fourth-order valence-corrected chi connectivity index (χ4v) is 3.82. The molecule has 0 saturated carbocycles. The minimum absolute atomic E-state index is 0.0822. The molecule has 32 heavy (non-hydrogen) atoms. The van der Waals surface area contributed by atoms with Gasteiger partial charge in [0.1, 0.15) is 5.52 Å². The maximum absolute atomic E-state index is 13.0. The molecule has 3 aromatic heterocycles. The number of hydrogen-bond acceptors (Lipinski definition) is 5. The number of aromatic nitrogens is 3. The first-order chi connectivity index (χ1) is 15.6. The van der Waals surface area contributed by atoms with Crippen LogP contribution in [0.5, 0.6) is 0 Å². The number of nitrogens with one attached hydrogen (secondary N) is 1. The summed E-state index contributed by atoms with van der Waals surface area (Å²) in [7, 11) is 0. The zero-order valence-corrected chi connectivity index (χ0v) is 18.1. The molecule has 0 aliphatic carbocycles. The van der Waals surface area contributed by atoms with Crippen LogP contribution in [-0.4, -0.2) is 20.9 Å². The summed E-state index contributed by atoms with van der Waals surface area (Å²) in [6, 6.07) is 19.3. The number of halogens is 1. The second-order valence-corrected chi connectivity index (χ2v) is 7.98. The number of carbonyl (C=O) groups is 1. The van der Waals surface area contributed by atoms with Crippen LogP contribution in [0.1, 0.15) is 33.0 Å². The molecule has 0 unspecified atom stereocenters. The van der Waals surface area contributed by atoms with Crippen molar-refractivity contribution >= 4 is 39.7 Å². The largest absolute Gasteiger partial charge is 0.434 e. The van der Waals surface area contributed by atoms with Crippen molar-refractivity contribution in [2.75, 3.05) is 0 Å². The van der Waals surface area contributed by atoms with E-state index in [-0.39, 0.29) is 18.3 Å². The Kier molecular flexibility index (Phi) is 5.29. The number of benzene rings is 2. The molecule has 158 valence electrons. The topological polar surface area (TPSA) is 80.9 Å². The monoisotopic (exact) mass is 442 g/mol. The highest BCUT2D eigenvalue weighted by atomic mass is 35.5. The maximum Gasteiger partial charge on any atom is 0.289 e. The molecular formula is C25H19ClN4O2. The predicted octanol–water partition coefficient (Wildman–Crippen LogP) is 5.25. The third kappa shape index (κ3) is 3.92. The number of hydrogen-bond donors (Lipinski definition) is 1. The highest BCUT2D eigenvalue weighted by molar-refractivity contribution is 6.31. The molecule has 3 heterocycles. The maximum atomic E-state index is 13.0. The molecule has 1 N–H and O–H groups in total. The first-order valence-corrected chi connectivity index (χ1v) is 10.6. The van der Waals surface area contributed by atoms with Crippen LogP contribution in [0.25, 0.3) is 22.2 Å². The smallest absolute Gasteiger partial charge is 0.289 e. The molecule has 0 aliphatic heterocycles. The number of nitrogens with zero attached hydrogens (tertiary/aromatic N) is 3. The average Bonchev–Trinajstić information content (AvgIpc) is 3.19. The zero-order valence-electron chi connectivity index (χ0n) is 17.3. The molecular weight excluding hydrogens is 424 g/mol. The molecule has 0 fully saturated rings. The quantitative estimate of drug-likeness (QED) is 0.402. The number of furan rings is 1. The Balaban J connectivity index is 1.54. The first-order valence-electron chi connectivity index (χ1n) is 10.2. The lowest BCUT2D eigenvalue weighted by atomic mass is 10.1. The van der Waals surface area contributed by atoms with E-state index in [1.165, 1.54) is 0 Å². The van der Waals surface area contributed by atoms with Crippen LogP contribution in [-0.2, 0) is 13.0 Å². The van der Waals surface area contributed by atoms with Gasteiger partial charge in [0.2, 0.25) is 11.5 Å². The molecule has 0 spiro atoms. The Morgan fingerprint density at radius 1 is 1.06 bits per heavy atom. The highest BCUT2D eigenvalue weighted by Crippen LogP contribution is 2.28. The van der Waals surface area contributed by atoms with Gasteiger partial charge in [-0.3, -0.25) is 4.79 Å². The van der Waals surface area contributed by atoms with Crippen LogP contribution in [0, 0.1) is 6.92 Å². The van der Waals surface area contributed by atoms with Gasteiger partial charge in [-0.05, 0) is 36.2 Å². The van der Waals surface area contributed by atoms with Gasteiger partial charge in [0, 0.05) is 24.2 Å². The molecule has 0 radical (unpaired) electrons. The molecule has 0 bridgehead atoms. The van der Waals surface area contributed by atoms with Crippen LogP contribution < -0.4 is 5.32 Å². The third-order valence-electron chi connectivity index (χ3n) is 5.22. The molecule has 0 aliphatic rings. The fraction of sp³-hybridized carbons (Fsp3) is 0.120. The Bertz CT molecular complexity index is 1450. The molecule has 1 amide bonds. The van der Waals surface area contributed by atoms with Gasteiger partial charge in [-0.2, -0.15) is 0 Å². The zero-order chi connectivity index (χ0) is 22.1. The highest BCUT2D eigenvalue weighted by Gasteiger charge is 2.20. The van der Waals surface area contributed by atoms with Gasteiger partial charge in [0.25, 0.3) is 5.91 Å². The van der Waals surface area contributed by atoms with Crippen molar-refractivity contribution in [1.29, 1.82) is 0 Å². The molecule has 7 heteroatoms. The number of pyridine rings is 1. The summed E-state index contributed by atoms with van der Waals surface area (Å²) in [4.78, 5) is 26.4. The van der Waals surface area contributed by atoms with Gasteiger partial charge in [0.15, 0.2) is 5.58 Å². The number of aryl methyl sites for hydroxylation is 1. The number of rotatable bonds is 5. The van der Waals surface area contributed by atoms with Crippen molar-refractivity contribution in [2.24, 2.45) is 0 Å². The van der Waals surface area contributed by atoms with E-state index in [9.17, 15) is 4.79 Å². The number of carbonyl (C=O) groups excluding carboxylic acids is 1. The van der Waals surface area contributed by atoms with Crippen molar-refractivity contribution in [3.05, 3.63) is 100 Å². The summed E-state index contributed by atoms with van der Waals surface area (Å²) in [6.45, 7) is 2.26. The second kappa shape index (κ2) is 8.40. The predicted molar refractivity (Wildman–Crippen MR) is 124 cm³/mol. The molecule has 5 aromatic rings. The lowest BCUT2D eigenvalue weighted by Gasteiger charge is -2.09. The molecule has 5 rings (SSSR count). The van der Waals surface area contributed by atoms with E-state index in [4.69, 9.17) is 16.0 Å². The van der Waals surface area contributed by atoms with Crippen molar-refractivity contribution in [2.45, 2.75) is 19.9 Å². The van der Waals surface area contributed by atoms with E-state index in [0.717, 1.165) is 22.1 Å². The van der Waals surface area contributed by atoms with Gasteiger partial charge < -0.3 is 9.73 Å². The summed E-state index contributed by atoms with van der Waals surface area (Å²) in [5.74, 6) is -0.296. The Labute approximate surface area is 189 Å². The Morgan fingerprint density at radius 3 is 2.75 bits per heavy atom. The minimum atomic E-state index is -0.378. The van der Waals surface area contributed by atoms with Gasteiger partial charge in [-0.25, -0.2) is 15.0 Å². The normalized spacial score (nSPS) is 11.2. The Hall–Kier alpha value is -3.77. The lowest BCUT2D eigenvalue weighted by molar-refractivity contribution is 0.0940. The summed E-state index contributed by atoms with van der Waals surface area (Å²) < 4.78 is 5.96. The van der Waals surface area contributed by atoms with Gasteiger partial charge >= 0.3 is 0 Å². The summed E-state index contributed by atoms with van der Waals surface area (Å²) in [6.07, 6.45) is 2.16. The van der Waals surface area contributed by atoms with Crippen LogP contribution in [0.15, 0.2) is 71.3 Å². The molecule has 2 aromatic carbocycles. The Morgan fingerprint density at radius 2 is 1.91 bits per heavy atom. The van der Waals surface area contributed by atoms with E-state index in [1.54, 1.807) is 6.20 Å². The van der Waals surface area contributed by atoms with Gasteiger partial charge in [0.05, 0.1) is 11.1 Å². The van der Waals surface area contributed by atoms with Crippen molar-refractivity contribution in [3.63, 3.8) is 0 Å². The van der Waals surface area contributed by atoms with Crippen LogP contribution in [0.2, 0.25) is 5.02 Å². The van der Waals surface area contributed by atoms with E-state index < -0.39 is 0 Å². The summed E-state index contributed by atoms with van der Waals surface area (Å²) in [5.41, 5.74) is 5.18. The lowest BCUT2D eigenvalue weighted by Crippen LogP contribution is -2.25. The van der Waals surface area contributed by atoms with E-state index in [2.05, 4.69) is 20.3 Å². The van der Waals surface area contributed by atoms with E-state index in [0.29, 0.717) is 34.0 Å². The van der Waals surface area contributed by atoms with Crippen LogP contribution in [0.3, 0.4) is 0 Å². The SMILES string of the molecule is Cc1ccc(Cl)c(CNC(=O)c2nc(Cc3ccccc3)c3oc4ncccc4c3n2)c1. The van der Waals surface area contributed by atoms with E-state index in [1.807, 2.05) is 67.6 Å². The van der Waals surface area contributed by atoms with Crippen LogP contribution in [0.4, 0.5) is 0 Å². The fourth-order valence-electron chi connectivity index (χ4n) is 3.64. The van der Waals surface area contributed by atoms with Crippen molar-refractivity contribution in [3.8, 4) is 0 Å². The molecule has 0 saturated heterocycles. The second-order valence-electron chi connectivity index (χ2n) is 7.57. The van der Waals surface area contributed by atoms with Gasteiger partial charge in [-0.15, -0.1) is 0 Å². The van der Waals surface area contributed by atoms with Crippen LogP contribution >= 0.6 is 11.6 Å². The third-order valence-corrected chi connectivity index (χ3v) is 5.59. The van der Waals surface area contributed by atoms with E-state index >= 15 is 0 Å². The number of fused-ring (bicyclic) bond motifs is 3. The molecule has 0 atom stereocenters.